The molecular weight excluding hydrogens is 320 g/mol. The molecule has 0 radical (unpaired) electrons. The molecule has 0 saturated heterocycles. The Balaban J connectivity index is 3.06. The number of Topliss-reactive ketones (excluding diaryl/α,β-unsaturated/α-hetero) is 1. The summed E-state index contributed by atoms with van der Waals surface area (Å²) < 4.78 is 0. The van der Waals surface area contributed by atoms with E-state index in [1.807, 2.05) is 0 Å². The molecule has 0 spiro atoms. The molecule has 0 heterocycles. The van der Waals surface area contributed by atoms with Gasteiger partial charge in [-0.15, -0.1) is 0 Å². The number of carbonyl (C=O) groups is 2. The van der Waals surface area contributed by atoms with E-state index in [-0.39, 0.29) is 6.42 Å². The Labute approximate surface area is 131 Å². The van der Waals surface area contributed by atoms with Crippen LogP contribution in [-0.2, 0) is 9.59 Å². The summed E-state index contributed by atoms with van der Waals surface area (Å²) in [6.45, 7) is 0. The van der Waals surface area contributed by atoms with Crippen LogP contribution in [0.2, 0.25) is 0 Å². The number of ketones is 1. The van der Waals surface area contributed by atoms with Crippen LogP contribution in [0.4, 0.5) is 0 Å². The molecule has 0 aromatic heterocycles. The Morgan fingerprint density at radius 3 is 1.35 bits per heavy atom. The van der Waals surface area contributed by atoms with Gasteiger partial charge in [0.1, 0.15) is 0 Å². The third-order valence-electron chi connectivity index (χ3n) is 3.53. The standard InChI is InChI=1S/C16H29BrO3/c17-14-12-10-8-6-4-2-1-3-5-7-9-11-13-15(18)16(19)20/h1-14H2,(H,19,20). The molecule has 0 aliphatic carbocycles. The summed E-state index contributed by atoms with van der Waals surface area (Å²) in [4.78, 5) is 21.1. The molecule has 0 aliphatic rings. The van der Waals surface area contributed by atoms with Crippen LogP contribution in [0.3, 0.4) is 0 Å². The zero-order valence-corrected chi connectivity index (χ0v) is 14.1. The highest BCUT2D eigenvalue weighted by Gasteiger charge is 2.09. The molecule has 0 aromatic carbocycles. The molecule has 0 aliphatic heterocycles. The van der Waals surface area contributed by atoms with Crippen LogP contribution in [0.5, 0.6) is 0 Å². The summed E-state index contributed by atoms with van der Waals surface area (Å²) in [6.07, 6.45) is 14.9. The Kier molecular flexibility index (Phi) is 14.7. The summed E-state index contributed by atoms with van der Waals surface area (Å²) in [7, 11) is 0. The first-order valence-corrected chi connectivity index (χ1v) is 9.12. The number of alkyl halides is 1. The molecule has 20 heavy (non-hydrogen) atoms. The van der Waals surface area contributed by atoms with E-state index in [1.54, 1.807) is 0 Å². The van der Waals surface area contributed by atoms with Gasteiger partial charge in [0.05, 0.1) is 0 Å². The van der Waals surface area contributed by atoms with E-state index in [1.165, 1.54) is 57.8 Å². The number of unbranched alkanes of at least 4 members (excludes halogenated alkanes) is 11. The SMILES string of the molecule is O=C(O)C(=O)CCCCCCCCCCCCCCBr. The number of carbonyl (C=O) groups excluding carboxylic acids is 1. The fourth-order valence-electron chi connectivity index (χ4n) is 2.25. The minimum atomic E-state index is -1.29. The number of aliphatic carboxylic acids is 1. The van der Waals surface area contributed by atoms with Gasteiger partial charge in [-0.25, -0.2) is 4.79 Å². The van der Waals surface area contributed by atoms with Gasteiger partial charge < -0.3 is 5.11 Å². The molecule has 0 unspecified atom stereocenters. The molecule has 1 N–H and O–H groups in total. The Morgan fingerprint density at radius 2 is 1.00 bits per heavy atom. The predicted octanol–water partition coefficient (Wildman–Crippen LogP) is 5.11. The third-order valence-corrected chi connectivity index (χ3v) is 4.09. The summed E-state index contributed by atoms with van der Waals surface area (Å²) in [5.74, 6) is -1.94. The maximum absolute atomic E-state index is 10.8. The van der Waals surface area contributed by atoms with E-state index < -0.39 is 11.8 Å². The van der Waals surface area contributed by atoms with Gasteiger partial charge in [-0.05, 0) is 12.8 Å². The number of carboxylic acids is 1. The van der Waals surface area contributed by atoms with Gasteiger partial charge in [0, 0.05) is 11.8 Å². The lowest BCUT2D eigenvalue weighted by molar-refractivity contribution is -0.149. The van der Waals surface area contributed by atoms with E-state index in [0.717, 1.165) is 24.6 Å². The highest BCUT2D eigenvalue weighted by atomic mass is 79.9. The maximum atomic E-state index is 10.8. The van der Waals surface area contributed by atoms with Crippen molar-refractivity contribution in [1.82, 2.24) is 0 Å². The average molecular weight is 349 g/mol. The lowest BCUT2D eigenvalue weighted by Crippen LogP contribution is -2.11. The van der Waals surface area contributed by atoms with Gasteiger partial charge in [0.15, 0.2) is 0 Å². The molecule has 0 aromatic rings. The van der Waals surface area contributed by atoms with Gasteiger partial charge in [0.25, 0.3) is 0 Å². The Hall–Kier alpha value is -0.380. The van der Waals surface area contributed by atoms with Gasteiger partial charge in [-0.2, -0.15) is 0 Å². The molecule has 0 bridgehead atoms. The number of rotatable bonds is 15. The monoisotopic (exact) mass is 348 g/mol. The van der Waals surface area contributed by atoms with Gasteiger partial charge >= 0.3 is 5.97 Å². The fraction of sp³-hybridized carbons (Fsp3) is 0.875. The molecule has 0 fully saturated rings. The molecule has 0 saturated carbocycles. The number of hydrogen-bond donors (Lipinski definition) is 1. The van der Waals surface area contributed by atoms with Gasteiger partial charge in [-0.3, -0.25) is 4.79 Å². The van der Waals surface area contributed by atoms with E-state index in [0.29, 0.717) is 0 Å². The normalized spacial score (nSPS) is 10.7. The van der Waals surface area contributed by atoms with Gasteiger partial charge in [0.2, 0.25) is 5.78 Å². The topological polar surface area (TPSA) is 54.4 Å². The summed E-state index contributed by atoms with van der Waals surface area (Å²) in [5, 5.41) is 9.55. The first kappa shape index (κ1) is 19.6. The molecule has 4 heteroatoms. The second-order valence-corrected chi connectivity index (χ2v) is 6.20. The quantitative estimate of drug-likeness (QED) is 0.254. The van der Waals surface area contributed by atoms with Crippen molar-refractivity contribution in [3.05, 3.63) is 0 Å². The molecular formula is C16H29BrO3. The highest BCUT2D eigenvalue weighted by Crippen LogP contribution is 2.12. The van der Waals surface area contributed by atoms with Crippen molar-refractivity contribution in [2.24, 2.45) is 0 Å². The van der Waals surface area contributed by atoms with Crippen LogP contribution in [0, 0.1) is 0 Å². The minimum absolute atomic E-state index is 0.198. The lowest BCUT2D eigenvalue weighted by atomic mass is 10.0. The van der Waals surface area contributed by atoms with Crippen molar-refractivity contribution < 1.29 is 14.7 Å². The zero-order valence-electron chi connectivity index (χ0n) is 12.5. The van der Waals surface area contributed by atoms with Crippen LogP contribution >= 0.6 is 15.9 Å². The predicted molar refractivity (Wildman–Crippen MR) is 86.5 cm³/mol. The summed E-state index contributed by atoms with van der Waals surface area (Å²) in [6, 6.07) is 0. The van der Waals surface area contributed by atoms with Crippen LogP contribution in [-0.4, -0.2) is 22.2 Å². The van der Waals surface area contributed by atoms with Crippen molar-refractivity contribution >= 4 is 27.7 Å². The fourth-order valence-corrected chi connectivity index (χ4v) is 2.65. The van der Waals surface area contributed by atoms with Crippen molar-refractivity contribution in [2.45, 2.75) is 83.5 Å². The second kappa shape index (κ2) is 15.0. The van der Waals surface area contributed by atoms with Crippen LogP contribution < -0.4 is 0 Å². The first-order valence-electron chi connectivity index (χ1n) is 8.00. The third kappa shape index (κ3) is 14.0. The van der Waals surface area contributed by atoms with E-state index >= 15 is 0 Å². The zero-order chi connectivity index (χ0) is 15.1. The molecule has 3 nitrogen and oxygen atoms in total. The smallest absolute Gasteiger partial charge is 0.372 e. The van der Waals surface area contributed by atoms with E-state index in [4.69, 9.17) is 5.11 Å². The van der Waals surface area contributed by atoms with Crippen LogP contribution in [0.15, 0.2) is 0 Å². The second-order valence-electron chi connectivity index (χ2n) is 5.41. The van der Waals surface area contributed by atoms with E-state index in [2.05, 4.69) is 15.9 Å². The van der Waals surface area contributed by atoms with Crippen molar-refractivity contribution in [3.63, 3.8) is 0 Å². The van der Waals surface area contributed by atoms with Crippen LogP contribution in [0.25, 0.3) is 0 Å². The molecule has 0 amide bonds. The van der Waals surface area contributed by atoms with E-state index in [9.17, 15) is 9.59 Å². The number of carboxylic acid groups (broad SMARTS) is 1. The van der Waals surface area contributed by atoms with Crippen molar-refractivity contribution in [2.75, 3.05) is 5.33 Å². The number of hydrogen-bond acceptors (Lipinski definition) is 2. The Bertz CT molecular complexity index is 254. The first-order chi connectivity index (χ1) is 9.68. The summed E-state index contributed by atoms with van der Waals surface area (Å²) in [5.41, 5.74) is 0. The van der Waals surface area contributed by atoms with Crippen molar-refractivity contribution in [1.29, 1.82) is 0 Å². The summed E-state index contributed by atoms with van der Waals surface area (Å²) >= 11 is 3.45. The largest absolute Gasteiger partial charge is 0.476 e. The van der Waals surface area contributed by atoms with Crippen molar-refractivity contribution in [3.8, 4) is 0 Å². The maximum Gasteiger partial charge on any atom is 0.372 e. The lowest BCUT2D eigenvalue weighted by Gasteiger charge is -2.02. The molecule has 118 valence electrons. The minimum Gasteiger partial charge on any atom is -0.476 e. The Morgan fingerprint density at radius 1 is 0.650 bits per heavy atom. The van der Waals surface area contributed by atoms with Crippen LogP contribution in [0.1, 0.15) is 83.5 Å². The molecule has 0 rings (SSSR count). The van der Waals surface area contributed by atoms with Gasteiger partial charge in [-0.1, -0.05) is 80.1 Å². The molecule has 0 atom stereocenters. The number of halogens is 1. The average Bonchev–Trinajstić information content (AvgIpc) is 2.43. The highest BCUT2D eigenvalue weighted by molar-refractivity contribution is 9.09.